The van der Waals surface area contributed by atoms with Crippen LogP contribution in [0.15, 0.2) is 76.0 Å². The number of halogens is 3. The molecule has 1 aliphatic carbocycles. The maximum absolute atomic E-state index is 13.7. The molecule has 5 rings (SSSR count). The SMILES string of the molecule is CC[C@]1(c2cccc(-c3ccncc3C(F)(F)F)c2)C2=CN=NC2NC2=C1C(=O)CC(C)(C)C2. The summed E-state index contributed by atoms with van der Waals surface area (Å²) in [6.07, 6.45) is 0.628. The summed E-state index contributed by atoms with van der Waals surface area (Å²) >= 11 is 0. The normalized spacial score (nSPS) is 25.5. The minimum atomic E-state index is -4.53. The Hall–Kier alpha value is -3.29. The Kier molecular flexibility index (Phi) is 5.04. The zero-order chi connectivity index (χ0) is 24.3. The number of allylic oxidation sites excluding steroid dienone is 2. The minimum absolute atomic E-state index is 0.0529. The highest BCUT2D eigenvalue weighted by Gasteiger charge is 2.53. The van der Waals surface area contributed by atoms with E-state index in [-0.39, 0.29) is 16.8 Å². The van der Waals surface area contributed by atoms with Gasteiger partial charge in [0.2, 0.25) is 0 Å². The van der Waals surface area contributed by atoms with E-state index in [0.717, 1.165) is 23.0 Å². The van der Waals surface area contributed by atoms with E-state index in [0.29, 0.717) is 30.4 Å². The van der Waals surface area contributed by atoms with E-state index in [1.165, 1.54) is 12.3 Å². The molecule has 1 aromatic heterocycles. The summed E-state index contributed by atoms with van der Waals surface area (Å²) in [6, 6.07) is 8.45. The number of aromatic nitrogens is 1. The monoisotopic (exact) mass is 466 g/mol. The molecule has 1 N–H and O–H groups in total. The molecule has 0 amide bonds. The Balaban J connectivity index is 1.74. The fraction of sp³-hybridized carbons (Fsp3) is 0.385. The number of azo groups is 1. The van der Waals surface area contributed by atoms with Crippen LogP contribution in [0, 0.1) is 5.41 Å². The van der Waals surface area contributed by atoms with Gasteiger partial charge in [0.25, 0.3) is 0 Å². The summed E-state index contributed by atoms with van der Waals surface area (Å²) in [7, 11) is 0. The molecule has 0 saturated heterocycles. The summed E-state index contributed by atoms with van der Waals surface area (Å²) in [5.74, 6) is 0.0529. The summed E-state index contributed by atoms with van der Waals surface area (Å²) in [6.45, 7) is 6.13. The van der Waals surface area contributed by atoms with Gasteiger partial charge in [-0.3, -0.25) is 9.78 Å². The van der Waals surface area contributed by atoms with Gasteiger partial charge in [-0.1, -0.05) is 39.0 Å². The first-order valence-electron chi connectivity index (χ1n) is 11.3. The number of alkyl halides is 3. The molecule has 0 radical (unpaired) electrons. The van der Waals surface area contributed by atoms with Crippen LogP contribution in [-0.4, -0.2) is 16.9 Å². The molecule has 1 aromatic carbocycles. The van der Waals surface area contributed by atoms with E-state index in [1.54, 1.807) is 24.4 Å². The lowest BCUT2D eigenvalue weighted by Gasteiger charge is -2.47. The summed E-state index contributed by atoms with van der Waals surface area (Å²) in [5, 5.41) is 11.9. The number of hydrogen-bond acceptors (Lipinski definition) is 5. The number of rotatable bonds is 3. The number of benzene rings is 1. The van der Waals surface area contributed by atoms with Gasteiger partial charge in [-0.25, -0.2) is 0 Å². The molecule has 8 heteroatoms. The van der Waals surface area contributed by atoms with Gasteiger partial charge in [-0.05, 0) is 47.1 Å². The second-order valence-corrected chi connectivity index (χ2v) is 9.92. The number of Topliss-reactive ketones (excluding diaryl/α,β-unsaturated/α-hetero) is 1. The highest BCUT2D eigenvalue weighted by Crippen LogP contribution is 2.54. The fourth-order valence-electron chi connectivity index (χ4n) is 5.71. The third-order valence-electron chi connectivity index (χ3n) is 7.10. The number of nitrogens with zero attached hydrogens (tertiary/aromatic N) is 3. The lowest BCUT2D eigenvalue weighted by atomic mass is 9.58. The van der Waals surface area contributed by atoms with Gasteiger partial charge in [0, 0.05) is 35.7 Å². The van der Waals surface area contributed by atoms with Gasteiger partial charge >= 0.3 is 6.18 Å². The maximum atomic E-state index is 13.7. The highest BCUT2D eigenvalue weighted by atomic mass is 19.4. The first-order chi connectivity index (χ1) is 16.1. The molecule has 2 aromatic rings. The fourth-order valence-corrected chi connectivity index (χ4v) is 5.71. The maximum Gasteiger partial charge on any atom is 0.418 e. The van der Waals surface area contributed by atoms with E-state index >= 15 is 0 Å². The zero-order valence-corrected chi connectivity index (χ0v) is 19.2. The van der Waals surface area contributed by atoms with Crippen LogP contribution in [0.3, 0.4) is 0 Å². The number of nitrogens with one attached hydrogen (secondary N) is 1. The van der Waals surface area contributed by atoms with E-state index in [1.807, 2.05) is 13.0 Å². The van der Waals surface area contributed by atoms with E-state index in [2.05, 4.69) is 34.4 Å². The van der Waals surface area contributed by atoms with Gasteiger partial charge in [-0.15, -0.1) is 0 Å². The first-order valence-corrected chi connectivity index (χ1v) is 11.3. The van der Waals surface area contributed by atoms with Crippen LogP contribution in [0.25, 0.3) is 11.1 Å². The molecule has 176 valence electrons. The molecule has 1 unspecified atom stereocenters. The topological polar surface area (TPSA) is 66.7 Å². The molecule has 0 bridgehead atoms. The predicted molar refractivity (Wildman–Crippen MR) is 122 cm³/mol. The molecule has 0 spiro atoms. The van der Waals surface area contributed by atoms with Crippen molar-refractivity contribution in [3.05, 3.63) is 76.9 Å². The Labute approximate surface area is 195 Å². The lowest BCUT2D eigenvalue weighted by molar-refractivity contribution is -0.137. The third-order valence-corrected chi connectivity index (χ3v) is 7.10. The van der Waals surface area contributed by atoms with E-state index in [4.69, 9.17) is 0 Å². The Morgan fingerprint density at radius 2 is 1.97 bits per heavy atom. The van der Waals surface area contributed by atoms with Gasteiger partial charge in [0.1, 0.15) is 0 Å². The van der Waals surface area contributed by atoms with Crippen molar-refractivity contribution >= 4 is 5.78 Å². The van der Waals surface area contributed by atoms with Gasteiger partial charge < -0.3 is 5.32 Å². The molecular weight excluding hydrogens is 441 g/mol. The van der Waals surface area contributed by atoms with Gasteiger partial charge in [0.05, 0.1) is 17.2 Å². The minimum Gasteiger partial charge on any atom is -0.362 e. The van der Waals surface area contributed by atoms with Crippen molar-refractivity contribution in [1.82, 2.24) is 10.3 Å². The van der Waals surface area contributed by atoms with Crippen molar-refractivity contribution in [2.75, 3.05) is 0 Å². The molecule has 5 nitrogen and oxygen atoms in total. The number of ketones is 1. The van der Waals surface area contributed by atoms with Crippen LogP contribution in [0.1, 0.15) is 51.2 Å². The number of carbonyl (C=O) groups excluding carboxylic acids is 1. The van der Waals surface area contributed by atoms with Crippen LogP contribution < -0.4 is 5.32 Å². The van der Waals surface area contributed by atoms with Crippen molar-refractivity contribution < 1.29 is 18.0 Å². The standard InChI is InChI=1S/C26H25F3N4O/c1-4-25(16-7-5-6-15(10-16)17-8-9-30-13-18(17)26(27,28)29)19-14-31-33-23(19)32-20-11-24(2,3)12-21(34)22(20)25/h5-10,13-14,23,32H,4,11-12H2,1-3H3/t23?,25-/m0/s1. The number of hydrogen-bond donors (Lipinski definition) is 1. The quantitative estimate of drug-likeness (QED) is 0.574. The van der Waals surface area contributed by atoms with E-state index < -0.39 is 23.3 Å². The Morgan fingerprint density at radius 1 is 1.18 bits per heavy atom. The van der Waals surface area contributed by atoms with Crippen LogP contribution in [0.4, 0.5) is 13.2 Å². The molecular formula is C26H25F3N4O. The largest absolute Gasteiger partial charge is 0.418 e. The molecule has 3 heterocycles. The molecule has 34 heavy (non-hydrogen) atoms. The van der Waals surface area contributed by atoms with Crippen molar-refractivity contribution in [3.63, 3.8) is 0 Å². The second kappa shape index (κ2) is 7.61. The summed E-state index contributed by atoms with van der Waals surface area (Å²) in [5.41, 5.74) is 1.84. The number of carbonyl (C=O) groups is 1. The summed E-state index contributed by atoms with van der Waals surface area (Å²) < 4.78 is 41.2. The van der Waals surface area contributed by atoms with Gasteiger partial charge in [0.15, 0.2) is 11.9 Å². The Bertz CT molecular complexity index is 1270. The Morgan fingerprint density at radius 3 is 2.71 bits per heavy atom. The average molecular weight is 467 g/mol. The van der Waals surface area contributed by atoms with Crippen LogP contribution >= 0.6 is 0 Å². The zero-order valence-electron chi connectivity index (χ0n) is 19.2. The van der Waals surface area contributed by atoms with Crippen molar-refractivity contribution in [2.24, 2.45) is 15.6 Å². The average Bonchev–Trinajstić information content (AvgIpc) is 3.25. The first kappa shape index (κ1) is 22.5. The summed E-state index contributed by atoms with van der Waals surface area (Å²) in [4.78, 5) is 17.3. The number of pyridine rings is 1. The second-order valence-electron chi connectivity index (χ2n) is 9.92. The smallest absolute Gasteiger partial charge is 0.362 e. The predicted octanol–water partition coefficient (Wildman–Crippen LogP) is 6.34. The van der Waals surface area contributed by atoms with Crippen molar-refractivity contribution in [2.45, 2.75) is 57.8 Å². The molecule has 3 aliphatic rings. The van der Waals surface area contributed by atoms with Crippen LogP contribution in [-0.2, 0) is 16.4 Å². The van der Waals surface area contributed by atoms with E-state index in [9.17, 15) is 18.0 Å². The van der Waals surface area contributed by atoms with Crippen molar-refractivity contribution in [1.29, 1.82) is 0 Å². The molecule has 2 aliphatic heterocycles. The van der Waals surface area contributed by atoms with Crippen molar-refractivity contribution in [3.8, 4) is 11.1 Å². The van der Waals surface area contributed by atoms with Crippen LogP contribution in [0.5, 0.6) is 0 Å². The third kappa shape index (κ3) is 3.38. The number of fused-ring (bicyclic) bond motifs is 1. The van der Waals surface area contributed by atoms with Gasteiger partial charge in [-0.2, -0.15) is 23.4 Å². The van der Waals surface area contributed by atoms with Crippen LogP contribution in [0.2, 0.25) is 0 Å². The lowest BCUT2D eigenvalue weighted by Crippen LogP contribution is -2.51. The molecule has 0 fully saturated rings. The molecule has 0 saturated carbocycles. The molecule has 2 atom stereocenters. The highest BCUT2D eigenvalue weighted by molar-refractivity contribution is 6.01.